The molecule has 0 aliphatic rings. The molecule has 68 valence electrons. The normalized spacial score (nSPS) is 13.0. The molecule has 0 aromatic carbocycles. The second kappa shape index (κ2) is 5.04. The van der Waals surface area contributed by atoms with Gasteiger partial charge in [-0.15, -0.1) is 12.5 Å². The van der Waals surface area contributed by atoms with Crippen LogP contribution >= 0.6 is 0 Å². The van der Waals surface area contributed by atoms with Gasteiger partial charge >= 0.3 is 0 Å². The van der Waals surface area contributed by atoms with E-state index in [1.54, 1.807) is 0 Å². The predicted molar refractivity (Wildman–Crippen MR) is 55.8 cm³/mol. The zero-order chi connectivity index (χ0) is 9.61. The first-order valence-electron chi connectivity index (χ1n) is 4.55. The minimum atomic E-state index is 0.298. The molecule has 0 heteroatoms. The molecule has 0 aliphatic carbocycles. The zero-order valence-electron chi connectivity index (χ0n) is 8.78. The molecule has 0 nitrogen and oxygen atoms in total. The van der Waals surface area contributed by atoms with Gasteiger partial charge in [0.25, 0.3) is 0 Å². The molecule has 0 spiro atoms. The Hall–Kier alpha value is -0.700. The van der Waals surface area contributed by atoms with Crippen LogP contribution in [0, 0.1) is 23.2 Å². The van der Waals surface area contributed by atoms with Gasteiger partial charge in [0, 0.05) is 5.92 Å². The minimum absolute atomic E-state index is 0.298. The van der Waals surface area contributed by atoms with Crippen LogP contribution in [0.25, 0.3) is 0 Å². The molecule has 12 heavy (non-hydrogen) atoms. The molecule has 1 unspecified atom stereocenters. The van der Waals surface area contributed by atoms with Crippen LogP contribution in [0.4, 0.5) is 0 Å². The Morgan fingerprint density at radius 2 is 2.00 bits per heavy atom. The molecule has 0 N–H and O–H groups in total. The largest absolute Gasteiger partial charge is 0.106 e. The molecule has 0 saturated heterocycles. The first kappa shape index (κ1) is 11.3. The summed E-state index contributed by atoms with van der Waals surface area (Å²) in [6, 6.07) is 0. The highest BCUT2D eigenvalue weighted by atomic mass is 14.2. The fraction of sp³-hybridized carbons (Fsp3) is 0.667. The van der Waals surface area contributed by atoms with Crippen molar-refractivity contribution in [2.75, 3.05) is 0 Å². The van der Waals surface area contributed by atoms with Crippen molar-refractivity contribution < 1.29 is 0 Å². The molecule has 0 aliphatic heterocycles. The molecule has 1 atom stereocenters. The molecule has 0 radical (unpaired) electrons. The van der Waals surface area contributed by atoms with E-state index >= 15 is 0 Å². The van der Waals surface area contributed by atoms with Crippen molar-refractivity contribution in [2.24, 2.45) is 11.3 Å². The van der Waals surface area contributed by atoms with Crippen molar-refractivity contribution in [3.8, 4) is 11.8 Å². The summed E-state index contributed by atoms with van der Waals surface area (Å²) in [6.07, 6.45) is 4.17. The lowest BCUT2D eigenvalue weighted by Crippen LogP contribution is -2.18. The van der Waals surface area contributed by atoms with Crippen LogP contribution in [-0.4, -0.2) is 0 Å². The quantitative estimate of drug-likeness (QED) is 0.441. The SMILES string of the molecule is C=CCCC(C#CC)C(C)(C)C. The molecule has 0 bridgehead atoms. The van der Waals surface area contributed by atoms with E-state index in [9.17, 15) is 0 Å². The second-order valence-electron chi connectivity index (χ2n) is 4.18. The van der Waals surface area contributed by atoms with Crippen molar-refractivity contribution in [1.29, 1.82) is 0 Å². The maximum absolute atomic E-state index is 3.73. The van der Waals surface area contributed by atoms with Gasteiger partial charge in [-0.3, -0.25) is 0 Å². The molecule has 0 amide bonds. The van der Waals surface area contributed by atoms with Crippen LogP contribution in [0.5, 0.6) is 0 Å². The second-order valence-corrected chi connectivity index (χ2v) is 4.18. The number of hydrogen-bond acceptors (Lipinski definition) is 0. The van der Waals surface area contributed by atoms with E-state index in [0.717, 1.165) is 12.8 Å². The van der Waals surface area contributed by atoms with Gasteiger partial charge in [-0.1, -0.05) is 32.8 Å². The molecule has 0 rings (SSSR count). The lowest BCUT2D eigenvalue weighted by atomic mass is 9.78. The molecular weight excluding hydrogens is 144 g/mol. The molecular formula is C12H20. The van der Waals surface area contributed by atoms with E-state index in [-0.39, 0.29) is 0 Å². The van der Waals surface area contributed by atoms with E-state index in [2.05, 4.69) is 39.2 Å². The molecule has 0 heterocycles. The van der Waals surface area contributed by atoms with Crippen molar-refractivity contribution in [1.82, 2.24) is 0 Å². The summed E-state index contributed by atoms with van der Waals surface area (Å²) in [7, 11) is 0. The Morgan fingerprint density at radius 1 is 1.42 bits per heavy atom. The van der Waals surface area contributed by atoms with Crippen LogP contribution in [0.2, 0.25) is 0 Å². The average Bonchev–Trinajstić information content (AvgIpc) is 1.95. The van der Waals surface area contributed by atoms with Crippen molar-refractivity contribution >= 4 is 0 Å². The lowest BCUT2D eigenvalue weighted by molar-refractivity contribution is 0.290. The van der Waals surface area contributed by atoms with Gasteiger partial charge in [-0.2, -0.15) is 0 Å². The summed E-state index contributed by atoms with van der Waals surface area (Å²) in [6.45, 7) is 12.4. The summed E-state index contributed by atoms with van der Waals surface area (Å²) in [5.74, 6) is 6.76. The summed E-state index contributed by atoms with van der Waals surface area (Å²) < 4.78 is 0. The van der Waals surface area contributed by atoms with Gasteiger partial charge in [0.2, 0.25) is 0 Å². The summed E-state index contributed by atoms with van der Waals surface area (Å²) >= 11 is 0. The van der Waals surface area contributed by atoms with Crippen molar-refractivity contribution in [3.63, 3.8) is 0 Å². The Labute approximate surface area is 77.1 Å². The van der Waals surface area contributed by atoms with Gasteiger partial charge in [-0.05, 0) is 25.2 Å². The summed E-state index contributed by atoms with van der Waals surface area (Å²) in [5, 5.41) is 0. The molecule has 0 saturated carbocycles. The van der Waals surface area contributed by atoms with Crippen LogP contribution in [0.1, 0.15) is 40.5 Å². The predicted octanol–water partition coefficient (Wildman–Crippen LogP) is 3.64. The van der Waals surface area contributed by atoms with Gasteiger partial charge in [-0.25, -0.2) is 0 Å². The number of rotatable bonds is 3. The van der Waals surface area contributed by atoms with Crippen molar-refractivity contribution in [3.05, 3.63) is 12.7 Å². The van der Waals surface area contributed by atoms with E-state index in [1.807, 2.05) is 13.0 Å². The fourth-order valence-electron chi connectivity index (χ4n) is 1.18. The van der Waals surface area contributed by atoms with Gasteiger partial charge in [0.15, 0.2) is 0 Å². The van der Waals surface area contributed by atoms with Crippen LogP contribution in [-0.2, 0) is 0 Å². The smallest absolute Gasteiger partial charge is 0.0254 e. The minimum Gasteiger partial charge on any atom is -0.106 e. The Balaban J connectivity index is 4.20. The maximum atomic E-state index is 3.73. The van der Waals surface area contributed by atoms with E-state index in [4.69, 9.17) is 0 Å². The van der Waals surface area contributed by atoms with Gasteiger partial charge in [0.1, 0.15) is 0 Å². The third-order valence-electron chi connectivity index (χ3n) is 2.02. The van der Waals surface area contributed by atoms with E-state index in [1.165, 1.54) is 0 Å². The fourth-order valence-corrected chi connectivity index (χ4v) is 1.18. The third-order valence-corrected chi connectivity index (χ3v) is 2.02. The topological polar surface area (TPSA) is 0 Å². The van der Waals surface area contributed by atoms with E-state index in [0.29, 0.717) is 11.3 Å². The number of allylic oxidation sites excluding steroid dienone is 1. The molecule has 0 aromatic heterocycles. The van der Waals surface area contributed by atoms with E-state index < -0.39 is 0 Å². The number of hydrogen-bond donors (Lipinski definition) is 0. The average molecular weight is 164 g/mol. The first-order valence-corrected chi connectivity index (χ1v) is 4.55. The lowest BCUT2D eigenvalue weighted by Gasteiger charge is -2.25. The Bertz CT molecular complexity index is 182. The monoisotopic (exact) mass is 164 g/mol. The summed E-state index contributed by atoms with van der Waals surface area (Å²) in [5.41, 5.74) is 0.298. The maximum Gasteiger partial charge on any atom is 0.0254 e. The van der Waals surface area contributed by atoms with Crippen molar-refractivity contribution in [2.45, 2.75) is 40.5 Å². The van der Waals surface area contributed by atoms with Crippen LogP contribution in [0.3, 0.4) is 0 Å². The summed E-state index contributed by atoms with van der Waals surface area (Å²) in [4.78, 5) is 0. The first-order chi connectivity index (χ1) is 5.52. The zero-order valence-corrected chi connectivity index (χ0v) is 8.78. The van der Waals surface area contributed by atoms with Gasteiger partial charge < -0.3 is 0 Å². The Kier molecular flexibility index (Phi) is 4.74. The molecule has 0 aromatic rings. The Morgan fingerprint density at radius 3 is 2.33 bits per heavy atom. The highest BCUT2D eigenvalue weighted by Gasteiger charge is 2.21. The standard InChI is InChI=1S/C12H20/c1-6-8-10-11(9-7-2)12(3,4)5/h6,11H,1,8,10H2,2-5H3. The highest BCUT2D eigenvalue weighted by molar-refractivity contribution is 5.05. The van der Waals surface area contributed by atoms with Gasteiger partial charge in [0.05, 0.1) is 0 Å². The highest BCUT2D eigenvalue weighted by Crippen LogP contribution is 2.29. The van der Waals surface area contributed by atoms with Crippen LogP contribution in [0.15, 0.2) is 12.7 Å². The molecule has 0 fully saturated rings. The third kappa shape index (κ3) is 4.23. The van der Waals surface area contributed by atoms with Crippen LogP contribution < -0.4 is 0 Å².